The summed E-state index contributed by atoms with van der Waals surface area (Å²) in [6.07, 6.45) is 3.46. The third-order valence-corrected chi connectivity index (χ3v) is 8.06. The molecule has 10 nitrogen and oxygen atoms in total. The van der Waals surface area contributed by atoms with Crippen LogP contribution in [0.1, 0.15) is 39.3 Å². The molecule has 4 heterocycles. The van der Waals surface area contributed by atoms with Crippen molar-refractivity contribution in [2.24, 2.45) is 0 Å². The summed E-state index contributed by atoms with van der Waals surface area (Å²) in [6, 6.07) is 6.56. The zero-order chi connectivity index (χ0) is 28.6. The van der Waals surface area contributed by atoms with Crippen molar-refractivity contribution in [2.75, 3.05) is 25.0 Å². The van der Waals surface area contributed by atoms with Crippen LogP contribution in [0.4, 0.5) is 10.2 Å². The lowest BCUT2D eigenvalue weighted by Gasteiger charge is -2.35. The number of benzene rings is 1. The molecule has 1 unspecified atom stereocenters. The molecule has 0 saturated carbocycles. The number of aliphatic hydroxyl groups is 2. The molecule has 1 aliphatic heterocycles. The van der Waals surface area contributed by atoms with Crippen LogP contribution in [0.25, 0.3) is 27.7 Å². The lowest BCUT2D eigenvalue weighted by molar-refractivity contribution is -0.153. The second-order valence-electron chi connectivity index (χ2n) is 10.6. The van der Waals surface area contributed by atoms with Crippen LogP contribution in [-0.2, 0) is 11.3 Å². The second kappa shape index (κ2) is 11.4. The molecule has 4 aromatic rings. The summed E-state index contributed by atoms with van der Waals surface area (Å²) in [7, 11) is 0. The molecule has 1 fully saturated rings. The lowest BCUT2D eigenvalue weighted by Crippen LogP contribution is -2.53. The van der Waals surface area contributed by atoms with Crippen LogP contribution in [0.3, 0.4) is 0 Å². The number of fused-ring (bicyclic) bond motifs is 2. The van der Waals surface area contributed by atoms with Gasteiger partial charge in [0, 0.05) is 54.9 Å². The van der Waals surface area contributed by atoms with Gasteiger partial charge in [-0.05, 0) is 73.8 Å². The number of anilines is 1. The number of piperidine rings is 1. The minimum atomic E-state index is -1.49. The molecule has 4 N–H and O–H groups in total. The molecule has 1 aliphatic rings. The maximum absolute atomic E-state index is 13.9. The zero-order valence-corrected chi connectivity index (χ0v) is 24.2. The third kappa shape index (κ3) is 5.67. The molecule has 1 aromatic carbocycles. The van der Waals surface area contributed by atoms with Crippen molar-refractivity contribution in [3.63, 3.8) is 0 Å². The zero-order valence-electron chi connectivity index (χ0n) is 22.7. The quantitative estimate of drug-likeness (QED) is 0.238. The van der Waals surface area contributed by atoms with Gasteiger partial charge in [0.25, 0.3) is 5.91 Å². The summed E-state index contributed by atoms with van der Waals surface area (Å²) in [5.74, 6) is 0.00594. The number of pyridine rings is 1. The number of nitrogens with one attached hydrogen (secondary N) is 2. The largest absolute Gasteiger partial charge is 0.387 e. The number of likely N-dealkylation sites (tertiary alicyclic amines) is 1. The van der Waals surface area contributed by atoms with E-state index >= 15 is 0 Å². The molecule has 3 aromatic heterocycles. The molecule has 12 heteroatoms. The molecule has 0 spiro atoms. The van der Waals surface area contributed by atoms with Crippen LogP contribution in [0, 0.1) is 5.82 Å². The van der Waals surface area contributed by atoms with E-state index in [2.05, 4.69) is 36.6 Å². The van der Waals surface area contributed by atoms with E-state index in [1.54, 1.807) is 27.9 Å². The van der Waals surface area contributed by atoms with Gasteiger partial charge in [0.05, 0.1) is 27.5 Å². The fourth-order valence-electron chi connectivity index (χ4n) is 4.93. The highest BCUT2D eigenvalue weighted by Gasteiger charge is 2.35. The van der Waals surface area contributed by atoms with Crippen LogP contribution in [-0.4, -0.2) is 78.0 Å². The Bertz CT molecular complexity index is 1550. The summed E-state index contributed by atoms with van der Waals surface area (Å²) in [5, 5.41) is 32.4. The van der Waals surface area contributed by atoms with E-state index in [0.29, 0.717) is 55.6 Å². The molecule has 1 amide bonds. The maximum Gasteiger partial charge on any atom is 0.254 e. The average molecular weight is 615 g/mol. The van der Waals surface area contributed by atoms with Gasteiger partial charge in [-0.2, -0.15) is 9.61 Å². The van der Waals surface area contributed by atoms with Crippen LogP contribution in [0.2, 0.25) is 0 Å². The summed E-state index contributed by atoms with van der Waals surface area (Å²) < 4.78 is 16.4. The van der Waals surface area contributed by atoms with E-state index in [-0.39, 0.29) is 11.9 Å². The Morgan fingerprint density at radius 2 is 2.00 bits per heavy atom. The van der Waals surface area contributed by atoms with Gasteiger partial charge in [0.15, 0.2) is 11.8 Å². The Balaban J connectivity index is 1.37. The van der Waals surface area contributed by atoms with Crippen LogP contribution in [0.15, 0.2) is 41.1 Å². The number of aromatic nitrogens is 4. The van der Waals surface area contributed by atoms with Crippen LogP contribution in [0.5, 0.6) is 0 Å². The lowest BCUT2D eigenvalue weighted by atomic mass is 9.98. The molecule has 212 valence electrons. The average Bonchev–Trinajstić information content (AvgIpc) is 3.35. The van der Waals surface area contributed by atoms with Crippen molar-refractivity contribution in [1.82, 2.24) is 29.8 Å². The van der Waals surface area contributed by atoms with Crippen molar-refractivity contribution in [2.45, 2.75) is 57.9 Å². The molecule has 5 rings (SSSR count). The summed E-state index contributed by atoms with van der Waals surface area (Å²) in [4.78, 5) is 23.6. The molecule has 40 heavy (non-hydrogen) atoms. The van der Waals surface area contributed by atoms with Crippen molar-refractivity contribution in [3.05, 3.63) is 52.6 Å². The van der Waals surface area contributed by atoms with Crippen LogP contribution >= 0.6 is 15.9 Å². The summed E-state index contributed by atoms with van der Waals surface area (Å²) in [5.41, 5.74) is 2.23. The highest BCUT2D eigenvalue weighted by Crippen LogP contribution is 2.32. The predicted molar refractivity (Wildman–Crippen MR) is 154 cm³/mol. The van der Waals surface area contributed by atoms with Gasteiger partial charge in [0.2, 0.25) is 0 Å². The SMILES string of the molecule is CCNc1c(Br)c(CNC2CCN(C(=O)C(O)C(C)(C)O)CC2)nc2c(-c3cnc4ccc(F)cc4c3)cnn12. The van der Waals surface area contributed by atoms with E-state index in [9.17, 15) is 19.4 Å². The van der Waals surface area contributed by atoms with Gasteiger partial charge < -0.3 is 25.7 Å². The van der Waals surface area contributed by atoms with Crippen molar-refractivity contribution >= 4 is 44.2 Å². The number of rotatable bonds is 8. The maximum atomic E-state index is 13.9. The normalized spacial score (nSPS) is 15.6. The molecule has 0 bridgehead atoms. The number of amides is 1. The number of halogens is 2. The van der Waals surface area contributed by atoms with Gasteiger partial charge in [0.1, 0.15) is 11.6 Å². The Labute approximate surface area is 239 Å². The Morgan fingerprint density at radius 1 is 1.25 bits per heavy atom. The topological polar surface area (TPSA) is 128 Å². The molecule has 1 atom stereocenters. The minimum Gasteiger partial charge on any atom is -0.387 e. The predicted octanol–water partition coefficient (Wildman–Crippen LogP) is 3.49. The highest BCUT2D eigenvalue weighted by atomic mass is 79.9. The molecular formula is C28H33BrFN7O3. The Kier molecular flexibility index (Phi) is 8.05. The minimum absolute atomic E-state index is 0.153. The van der Waals surface area contributed by atoms with E-state index in [0.717, 1.165) is 27.1 Å². The van der Waals surface area contributed by atoms with E-state index in [1.165, 1.54) is 26.0 Å². The fraction of sp³-hybridized carbons (Fsp3) is 0.429. The molecule has 0 radical (unpaired) electrons. The van der Waals surface area contributed by atoms with Crippen LogP contribution < -0.4 is 10.6 Å². The number of hydrogen-bond acceptors (Lipinski definition) is 8. The van der Waals surface area contributed by atoms with E-state index < -0.39 is 17.6 Å². The van der Waals surface area contributed by atoms with Gasteiger partial charge in [-0.15, -0.1) is 0 Å². The summed E-state index contributed by atoms with van der Waals surface area (Å²) >= 11 is 3.71. The third-order valence-electron chi connectivity index (χ3n) is 7.22. The Morgan fingerprint density at radius 3 is 2.70 bits per heavy atom. The van der Waals surface area contributed by atoms with E-state index in [1.807, 2.05) is 13.0 Å². The number of carbonyl (C=O) groups excluding carboxylic acids is 1. The number of hydrogen-bond donors (Lipinski definition) is 4. The second-order valence-corrected chi connectivity index (χ2v) is 11.4. The van der Waals surface area contributed by atoms with Gasteiger partial charge in [-0.3, -0.25) is 9.78 Å². The first-order chi connectivity index (χ1) is 19.1. The molecule has 1 saturated heterocycles. The first kappa shape index (κ1) is 28.3. The van der Waals surface area contributed by atoms with Gasteiger partial charge >= 0.3 is 0 Å². The first-order valence-corrected chi connectivity index (χ1v) is 14.1. The van der Waals surface area contributed by atoms with E-state index in [4.69, 9.17) is 4.98 Å². The standard InChI is InChI=1S/C28H33BrFN7O3/c1-4-31-26-23(29)22(15-32-19-7-9-36(10-8-19)27(39)24(38)28(2,3)40)35-25-20(14-34-37(25)26)17-11-16-12-18(30)5-6-21(16)33-13-17/h5-6,11-14,19,24,31-32,38,40H,4,7-10,15H2,1-3H3. The van der Waals surface area contributed by atoms with Crippen molar-refractivity contribution < 1.29 is 19.4 Å². The smallest absolute Gasteiger partial charge is 0.254 e. The number of carbonyl (C=O) groups is 1. The number of nitrogens with zero attached hydrogens (tertiary/aromatic N) is 5. The first-order valence-electron chi connectivity index (χ1n) is 13.3. The van der Waals surface area contributed by atoms with Gasteiger partial charge in [-0.1, -0.05) is 0 Å². The highest BCUT2D eigenvalue weighted by molar-refractivity contribution is 9.10. The molecular weight excluding hydrogens is 581 g/mol. The van der Waals surface area contributed by atoms with Crippen molar-refractivity contribution in [3.8, 4) is 11.1 Å². The Hall–Kier alpha value is -3.19. The van der Waals surface area contributed by atoms with Gasteiger partial charge in [-0.25, -0.2) is 9.37 Å². The molecule has 0 aliphatic carbocycles. The summed E-state index contributed by atoms with van der Waals surface area (Å²) in [6.45, 7) is 6.99. The monoisotopic (exact) mass is 613 g/mol. The number of aliphatic hydroxyl groups excluding tert-OH is 1. The van der Waals surface area contributed by atoms with Crippen molar-refractivity contribution in [1.29, 1.82) is 0 Å². The fourth-order valence-corrected chi connectivity index (χ4v) is 5.47.